The van der Waals surface area contributed by atoms with E-state index in [1.54, 1.807) is 24.3 Å². The van der Waals surface area contributed by atoms with Crippen LogP contribution in [0.2, 0.25) is 0 Å². The maximum Gasteiger partial charge on any atom is 0.315 e. The number of esters is 1. The lowest BCUT2D eigenvalue weighted by molar-refractivity contribution is -0.141. The van der Waals surface area contributed by atoms with E-state index in [4.69, 9.17) is 4.74 Å². The van der Waals surface area contributed by atoms with Crippen molar-refractivity contribution in [1.82, 2.24) is 0 Å². The molecule has 44 heavy (non-hydrogen) atoms. The first-order valence-electron chi connectivity index (χ1n) is 14.7. The van der Waals surface area contributed by atoms with E-state index in [-0.39, 0.29) is 39.8 Å². The fourth-order valence-electron chi connectivity index (χ4n) is 7.87. The molecule has 216 valence electrons. The molecule has 6 aromatic carbocycles. The Morgan fingerprint density at radius 3 is 1.80 bits per heavy atom. The first-order chi connectivity index (χ1) is 21.3. The Morgan fingerprint density at radius 1 is 0.614 bits per heavy atom. The standard InChI is InChI=1S/C38H28O5S/c1-22-24-11-3-2-10-23(24)18-19-25(22)36-34-28-14-6-8-16-30(28)35(31-17-9-7-15-29(31)34)37(36)38(39)43-32-20-21-33(44(40,41)42)27-13-5-4-12-26(27)32/h2-21,34-37H,1H3,(H,40,41,42)/p-1. The van der Waals surface area contributed by atoms with E-state index >= 15 is 0 Å². The number of carbonyl (C=O) groups is 1. The van der Waals surface area contributed by atoms with Crippen LogP contribution in [0.1, 0.15) is 51.1 Å². The zero-order valence-corrected chi connectivity index (χ0v) is 24.6. The van der Waals surface area contributed by atoms with Gasteiger partial charge >= 0.3 is 5.97 Å². The molecular formula is C38H27O5S-. The van der Waals surface area contributed by atoms with Gasteiger partial charge in [0, 0.05) is 28.5 Å². The third-order valence-electron chi connectivity index (χ3n) is 9.63. The van der Waals surface area contributed by atoms with Crippen molar-refractivity contribution in [3.8, 4) is 5.75 Å². The van der Waals surface area contributed by atoms with E-state index in [9.17, 15) is 17.8 Å². The smallest absolute Gasteiger partial charge is 0.315 e. The third-order valence-corrected chi connectivity index (χ3v) is 10.5. The molecule has 0 N–H and O–H groups in total. The van der Waals surface area contributed by atoms with Crippen LogP contribution in [0.5, 0.6) is 5.75 Å². The number of benzene rings is 6. The van der Waals surface area contributed by atoms with Crippen molar-refractivity contribution in [2.75, 3.05) is 0 Å². The molecular weight excluding hydrogens is 568 g/mol. The van der Waals surface area contributed by atoms with Gasteiger partial charge in [-0.15, -0.1) is 0 Å². The molecule has 0 radical (unpaired) electrons. The zero-order chi connectivity index (χ0) is 30.2. The number of hydrogen-bond acceptors (Lipinski definition) is 5. The zero-order valence-electron chi connectivity index (χ0n) is 23.8. The summed E-state index contributed by atoms with van der Waals surface area (Å²) in [6.45, 7) is 2.13. The van der Waals surface area contributed by atoms with Crippen molar-refractivity contribution < 1.29 is 22.5 Å². The Bertz CT molecular complexity index is 2210. The lowest BCUT2D eigenvalue weighted by atomic mass is 9.52. The molecule has 0 aromatic heterocycles. The number of carbonyl (C=O) groups excluding carboxylic acids is 1. The van der Waals surface area contributed by atoms with Crippen molar-refractivity contribution in [1.29, 1.82) is 0 Å². The highest BCUT2D eigenvalue weighted by Gasteiger charge is 2.54. The monoisotopic (exact) mass is 595 g/mol. The minimum atomic E-state index is -4.73. The average molecular weight is 596 g/mol. The van der Waals surface area contributed by atoms with Crippen molar-refractivity contribution in [3.63, 3.8) is 0 Å². The Morgan fingerprint density at radius 2 is 1.16 bits per heavy atom. The summed E-state index contributed by atoms with van der Waals surface area (Å²) >= 11 is 0. The van der Waals surface area contributed by atoms with Gasteiger partial charge in [0.2, 0.25) is 0 Å². The summed E-state index contributed by atoms with van der Waals surface area (Å²) in [5.41, 5.74) is 6.98. The second-order valence-corrected chi connectivity index (χ2v) is 13.1. The second kappa shape index (κ2) is 9.88. The van der Waals surface area contributed by atoms with E-state index in [2.05, 4.69) is 67.6 Å². The van der Waals surface area contributed by atoms with Crippen LogP contribution >= 0.6 is 0 Å². The molecule has 2 bridgehead atoms. The predicted molar refractivity (Wildman–Crippen MR) is 169 cm³/mol. The van der Waals surface area contributed by atoms with Crippen LogP contribution in [0, 0.1) is 12.8 Å². The molecule has 2 atom stereocenters. The Kier molecular flexibility index (Phi) is 6.02. The van der Waals surface area contributed by atoms with E-state index in [0.29, 0.717) is 5.39 Å². The lowest BCUT2D eigenvalue weighted by Gasteiger charge is -2.50. The fraction of sp³-hybridized carbons (Fsp3) is 0.132. The van der Waals surface area contributed by atoms with Gasteiger partial charge in [0.1, 0.15) is 15.9 Å². The minimum absolute atomic E-state index is 0.0606. The summed E-state index contributed by atoms with van der Waals surface area (Å²) < 4.78 is 42.3. The fourth-order valence-corrected chi connectivity index (χ4v) is 8.55. The molecule has 0 amide bonds. The highest BCUT2D eigenvalue weighted by atomic mass is 32.2. The summed E-state index contributed by atoms with van der Waals surface area (Å²) in [6, 6.07) is 38.7. The molecule has 3 aliphatic rings. The summed E-state index contributed by atoms with van der Waals surface area (Å²) in [5, 5.41) is 2.93. The van der Waals surface area contributed by atoms with Gasteiger partial charge in [-0.1, -0.05) is 109 Å². The van der Waals surface area contributed by atoms with Gasteiger partial charge in [-0.25, -0.2) is 8.42 Å². The maximum absolute atomic E-state index is 14.7. The van der Waals surface area contributed by atoms with Gasteiger partial charge in [0.25, 0.3) is 0 Å². The quantitative estimate of drug-likeness (QED) is 0.118. The molecule has 3 aliphatic carbocycles. The number of aryl methyl sites for hydroxylation is 1. The number of ether oxygens (including phenoxy) is 1. The van der Waals surface area contributed by atoms with E-state index in [1.165, 1.54) is 23.3 Å². The molecule has 2 unspecified atom stereocenters. The summed E-state index contributed by atoms with van der Waals surface area (Å²) in [5.74, 6) is -1.20. The molecule has 0 heterocycles. The SMILES string of the molecule is Cc1c(C2C3c4ccccc4C(c4ccccc43)C2C(=O)Oc2ccc(S(=O)(=O)[O-])c3ccccc23)ccc2ccccc12. The Hall–Kier alpha value is -4.78. The third kappa shape index (κ3) is 3.95. The molecule has 6 aromatic rings. The first-order valence-corrected chi connectivity index (χ1v) is 16.1. The first kappa shape index (κ1) is 26.8. The Labute approximate surface area is 255 Å². The molecule has 0 fully saturated rings. The van der Waals surface area contributed by atoms with Gasteiger partial charge < -0.3 is 9.29 Å². The van der Waals surface area contributed by atoms with Gasteiger partial charge in [-0.3, -0.25) is 4.79 Å². The van der Waals surface area contributed by atoms with Crippen LogP contribution in [0.3, 0.4) is 0 Å². The molecule has 5 nitrogen and oxygen atoms in total. The summed E-state index contributed by atoms with van der Waals surface area (Å²) in [6.07, 6.45) is 0. The maximum atomic E-state index is 14.7. The van der Waals surface area contributed by atoms with E-state index < -0.39 is 16.0 Å². The number of fused-ring (bicyclic) bond motifs is 3. The van der Waals surface area contributed by atoms with Crippen LogP contribution in [0.25, 0.3) is 21.5 Å². The molecule has 0 aliphatic heterocycles. The van der Waals surface area contributed by atoms with Gasteiger partial charge in [0.05, 0.1) is 10.8 Å². The minimum Gasteiger partial charge on any atom is -0.744 e. The molecule has 0 spiro atoms. The molecule has 0 saturated carbocycles. The highest BCUT2D eigenvalue weighted by Crippen LogP contribution is 2.62. The largest absolute Gasteiger partial charge is 0.744 e. The molecule has 0 saturated heterocycles. The van der Waals surface area contributed by atoms with Crippen LogP contribution < -0.4 is 4.74 Å². The van der Waals surface area contributed by atoms with Crippen LogP contribution in [0.4, 0.5) is 0 Å². The van der Waals surface area contributed by atoms with Gasteiger partial charge in [-0.05, 0) is 63.2 Å². The highest BCUT2D eigenvalue weighted by molar-refractivity contribution is 7.86. The average Bonchev–Trinajstić information content (AvgIpc) is 3.04. The summed E-state index contributed by atoms with van der Waals surface area (Å²) in [4.78, 5) is 14.3. The van der Waals surface area contributed by atoms with Crippen molar-refractivity contribution in [2.45, 2.75) is 29.6 Å². The predicted octanol–water partition coefficient (Wildman–Crippen LogP) is 7.80. The Balaban J connectivity index is 1.34. The van der Waals surface area contributed by atoms with Gasteiger partial charge in [0.15, 0.2) is 0 Å². The molecule has 9 rings (SSSR count). The lowest BCUT2D eigenvalue weighted by Crippen LogP contribution is -2.44. The number of hydrogen-bond donors (Lipinski definition) is 0. The second-order valence-electron chi connectivity index (χ2n) is 11.7. The van der Waals surface area contributed by atoms with Crippen LogP contribution in [-0.4, -0.2) is 18.9 Å². The number of rotatable bonds is 4. The van der Waals surface area contributed by atoms with Crippen LogP contribution in [0.15, 0.2) is 126 Å². The summed E-state index contributed by atoms with van der Waals surface area (Å²) in [7, 11) is -4.73. The van der Waals surface area contributed by atoms with Crippen molar-refractivity contribution in [3.05, 3.63) is 155 Å². The van der Waals surface area contributed by atoms with Gasteiger partial charge in [-0.2, -0.15) is 0 Å². The molecule has 6 heteroatoms. The topological polar surface area (TPSA) is 83.5 Å². The van der Waals surface area contributed by atoms with E-state index in [1.807, 2.05) is 24.3 Å². The van der Waals surface area contributed by atoms with Crippen molar-refractivity contribution >= 4 is 37.6 Å². The van der Waals surface area contributed by atoms with Crippen LogP contribution in [-0.2, 0) is 14.9 Å². The van der Waals surface area contributed by atoms with E-state index in [0.717, 1.165) is 33.0 Å². The van der Waals surface area contributed by atoms with Crippen molar-refractivity contribution in [2.24, 2.45) is 5.92 Å². The normalized spacial score (nSPS) is 20.3.